The van der Waals surface area contributed by atoms with E-state index in [1.165, 1.54) is 7.11 Å². The maximum absolute atomic E-state index is 10.9. The van der Waals surface area contributed by atoms with Gasteiger partial charge in [0.2, 0.25) is 0 Å². The molecule has 0 radical (unpaired) electrons. The second-order valence-electron chi connectivity index (χ2n) is 2.98. The molecule has 1 unspecified atom stereocenters. The molecule has 0 aliphatic rings. The molecule has 15 heavy (non-hydrogen) atoms. The standard InChI is InChI=1S/C10H13ClN2O2/c1-15-10(14)9(11)7-13-6-8-3-2-4-12-5-8/h2-5,9,13H,6-7H2,1H3. The number of carbonyl (C=O) groups is 1. The first kappa shape index (κ1) is 11.9. The average Bonchev–Trinajstić information content (AvgIpc) is 2.29. The maximum Gasteiger partial charge on any atom is 0.325 e. The number of pyridine rings is 1. The molecule has 5 heteroatoms. The Morgan fingerprint density at radius 1 is 1.73 bits per heavy atom. The number of hydrogen-bond donors (Lipinski definition) is 1. The largest absolute Gasteiger partial charge is 0.468 e. The molecule has 0 aliphatic heterocycles. The second-order valence-corrected chi connectivity index (χ2v) is 3.51. The quantitative estimate of drug-likeness (QED) is 0.602. The van der Waals surface area contributed by atoms with Crippen LogP contribution in [0.25, 0.3) is 0 Å². The van der Waals surface area contributed by atoms with Crippen molar-refractivity contribution in [1.82, 2.24) is 10.3 Å². The third kappa shape index (κ3) is 4.27. The molecule has 0 fully saturated rings. The maximum atomic E-state index is 10.9. The van der Waals surface area contributed by atoms with Gasteiger partial charge in [-0.05, 0) is 11.6 Å². The molecular weight excluding hydrogens is 216 g/mol. The number of esters is 1. The molecule has 0 saturated carbocycles. The van der Waals surface area contributed by atoms with E-state index in [1.807, 2.05) is 12.1 Å². The summed E-state index contributed by atoms with van der Waals surface area (Å²) in [6.07, 6.45) is 3.47. The zero-order chi connectivity index (χ0) is 11.1. The van der Waals surface area contributed by atoms with Gasteiger partial charge in [-0.1, -0.05) is 6.07 Å². The molecule has 0 spiro atoms. The summed E-state index contributed by atoms with van der Waals surface area (Å²) in [6, 6.07) is 3.80. The van der Waals surface area contributed by atoms with Crippen molar-refractivity contribution < 1.29 is 9.53 Å². The van der Waals surface area contributed by atoms with E-state index in [9.17, 15) is 4.79 Å². The van der Waals surface area contributed by atoms with Crippen molar-refractivity contribution in [2.24, 2.45) is 0 Å². The minimum absolute atomic E-state index is 0.378. The topological polar surface area (TPSA) is 51.2 Å². The molecular formula is C10H13ClN2O2. The van der Waals surface area contributed by atoms with Crippen molar-refractivity contribution in [3.8, 4) is 0 Å². The zero-order valence-corrected chi connectivity index (χ0v) is 9.20. The van der Waals surface area contributed by atoms with Gasteiger partial charge in [0.25, 0.3) is 0 Å². The van der Waals surface area contributed by atoms with Crippen LogP contribution in [-0.2, 0) is 16.1 Å². The third-order valence-corrected chi connectivity index (χ3v) is 2.16. The van der Waals surface area contributed by atoms with Gasteiger partial charge in [0, 0.05) is 25.5 Å². The molecule has 1 atom stereocenters. The third-order valence-electron chi connectivity index (χ3n) is 1.83. The fraction of sp³-hybridized carbons (Fsp3) is 0.400. The van der Waals surface area contributed by atoms with E-state index in [0.717, 1.165) is 5.56 Å². The summed E-state index contributed by atoms with van der Waals surface area (Å²) in [4.78, 5) is 14.9. The van der Waals surface area contributed by atoms with Crippen LogP contribution in [0, 0.1) is 0 Å². The number of aromatic nitrogens is 1. The van der Waals surface area contributed by atoms with Gasteiger partial charge in [0.05, 0.1) is 7.11 Å². The molecule has 1 N–H and O–H groups in total. The van der Waals surface area contributed by atoms with E-state index in [1.54, 1.807) is 12.4 Å². The Morgan fingerprint density at radius 3 is 3.13 bits per heavy atom. The number of rotatable bonds is 5. The fourth-order valence-electron chi connectivity index (χ4n) is 1.06. The molecule has 1 aromatic heterocycles. The summed E-state index contributed by atoms with van der Waals surface area (Å²) in [5, 5.41) is 2.40. The molecule has 1 heterocycles. The Labute approximate surface area is 93.6 Å². The molecule has 0 bridgehead atoms. The number of halogens is 1. The summed E-state index contributed by atoms with van der Waals surface area (Å²) < 4.78 is 4.49. The summed E-state index contributed by atoms with van der Waals surface area (Å²) in [7, 11) is 1.32. The molecule has 0 aromatic carbocycles. The zero-order valence-electron chi connectivity index (χ0n) is 8.44. The Kier molecular flexibility index (Phi) is 5.07. The van der Waals surface area contributed by atoms with Crippen LogP contribution < -0.4 is 5.32 Å². The summed E-state index contributed by atoms with van der Waals surface area (Å²) >= 11 is 5.74. The summed E-state index contributed by atoms with van der Waals surface area (Å²) in [6.45, 7) is 1.01. The highest BCUT2D eigenvalue weighted by Crippen LogP contribution is 1.98. The van der Waals surface area contributed by atoms with Gasteiger partial charge >= 0.3 is 5.97 Å². The highest BCUT2D eigenvalue weighted by Gasteiger charge is 2.14. The average molecular weight is 229 g/mol. The van der Waals surface area contributed by atoms with Crippen LogP contribution in [0.4, 0.5) is 0 Å². The van der Waals surface area contributed by atoms with Gasteiger partial charge < -0.3 is 10.1 Å². The number of ether oxygens (including phenoxy) is 1. The Balaban J connectivity index is 2.25. The molecule has 82 valence electrons. The molecule has 1 rings (SSSR count). The molecule has 4 nitrogen and oxygen atoms in total. The van der Waals surface area contributed by atoms with Crippen molar-refractivity contribution in [3.05, 3.63) is 30.1 Å². The van der Waals surface area contributed by atoms with E-state index in [2.05, 4.69) is 15.0 Å². The minimum Gasteiger partial charge on any atom is -0.468 e. The van der Waals surface area contributed by atoms with Crippen LogP contribution in [0.5, 0.6) is 0 Å². The lowest BCUT2D eigenvalue weighted by Crippen LogP contribution is -2.29. The molecule has 0 saturated heterocycles. The van der Waals surface area contributed by atoms with Gasteiger partial charge in [-0.25, -0.2) is 0 Å². The van der Waals surface area contributed by atoms with Crippen molar-refractivity contribution in [2.45, 2.75) is 11.9 Å². The van der Waals surface area contributed by atoms with Crippen LogP contribution in [0.1, 0.15) is 5.56 Å². The Morgan fingerprint density at radius 2 is 2.53 bits per heavy atom. The highest BCUT2D eigenvalue weighted by atomic mass is 35.5. The minimum atomic E-state index is -0.647. The highest BCUT2D eigenvalue weighted by molar-refractivity contribution is 6.30. The van der Waals surface area contributed by atoms with Crippen LogP contribution in [-0.4, -0.2) is 30.0 Å². The van der Waals surface area contributed by atoms with Gasteiger partial charge in [0.15, 0.2) is 0 Å². The number of carbonyl (C=O) groups excluding carboxylic acids is 1. The van der Waals surface area contributed by atoms with E-state index in [4.69, 9.17) is 11.6 Å². The predicted octanol–water partition coefficient (Wildman–Crippen LogP) is 0.952. The first-order valence-electron chi connectivity index (χ1n) is 4.55. The second kappa shape index (κ2) is 6.37. The van der Waals surface area contributed by atoms with Crippen LogP contribution in [0.2, 0.25) is 0 Å². The number of nitrogens with zero attached hydrogens (tertiary/aromatic N) is 1. The SMILES string of the molecule is COC(=O)C(Cl)CNCc1cccnc1. The lowest BCUT2D eigenvalue weighted by atomic mass is 10.3. The van der Waals surface area contributed by atoms with Gasteiger partial charge in [-0.3, -0.25) is 9.78 Å². The van der Waals surface area contributed by atoms with Gasteiger partial charge in [0.1, 0.15) is 5.38 Å². The molecule has 0 aliphatic carbocycles. The van der Waals surface area contributed by atoms with E-state index >= 15 is 0 Å². The van der Waals surface area contributed by atoms with Crippen LogP contribution >= 0.6 is 11.6 Å². The van der Waals surface area contributed by atoms with Crippen molar-refractivity contribution in [2.75, 3.05) is 13.7 Å². The Hall–Kier alpha value is -1.13. The number of nitrogens with one attached hydrogen (secondary N) is 1. The summed E-state index contributed by atoms with van der Waals surface area (Å²) in [5.74, 6) is -0.421. The number of hydrogen-bond acceptors (Lipinski definition) is 4. The Bertz CT molecular complexity index is 306. The van der Waals surface area contributed by atoms with E-state index < -0.39 is 11.3 Å². The van der Waals surface area contributed by atoms with Crippen molar-refractivity contribution in [3.63, 3.8) is 0 Å². The van der Waals surface area contributed by atoms with Crippen LogP contribution in [0.15, 0.2) is 24.5 Å². The first-order valence-corrected chi connectivity index (χ1v) is 4.99. The fourth-order valence-corrected chi connectivity index (χ4v) is 1.26. The lowest BCUT2D eigenvalue weighted by molar-refractivity contribution is -0.140. The molecule has 1 aromatic rings. The van der Waals surface area contributed by atoms with Crippen molar-refractivity contribution >= 4 is 17.6 Å². The van der Waals surface area contributed by atoms with Gasteiger partial charge in [-0.15, -0.1) is 11.6 Å². The smallest absolute Gasteiger partial charge is 0.325 e. The first-order chi connectivity index (χ1) is 7.24. The van der Waals surface area contributed by atoms with Crippen molar-refractivity contribution in [1.29, 1.82) is 0 Å². The summed E-state index contributed by atoms with van der Waals surface area (Å²) in [5.41, 5.74) is 1.05. The molecule has 0 amide bonds. The normalized spacial score (nSPS) is 12.1. The van der Waals surface area contributed by atoms with Gasteiger partial charge in [-0.2, -0.15) is 0 Å². The lowest BCUT2D eigenvalue weighted by Gasteiger charge is -2.08. The number of methoxy groups -OCH3 is 1. The van der Waals surface area contributed by atoms with Crippen LogP contribution in [0.3, 0.4) is 0 Å². The van der Waals surface area contributed by atoms with E-state index in [-0.39, 0.29) is 0 Å². The monoisotopic (exact) mass is 228 g/mol. The number of alkyl halides is 1. The van der Waals surface area contributed by atoms with E-state index in [0.29, 0.717) is 13.1 Å². The predicted molar refractivity (Wildman–Crippen MR) is 57.6 cm³/mol.